The molecule has 0 radical (unpaired) electrons. The maximum Gasteiger partial charge on any atom is 0.310 e. The lowest BCUT2D eigenvalue weighted by atomic mass is 10.0. The van der Waals surface area contributed by atoms with Gasteiger partial charge in [-0.15, -0.1) is 0 Å². The van der Waals surface area contributed by atoms with Crippen LogP contribution >= 0.6 is 0 Å². The summed E-state index contributed by atoms with van der Waals surface area (Å²) in [5.74, 6) is 0.0899. The van der Waals surface area contributed by atoms with Gasteiger partial charge in [0.2, 0.25) is 0 Å². The van der Waals surface area contributed by atoms with Crippen molar-refractivity contribution in [2.45, 2.75) is 6.92 Å². The Balaban J connectivity index is 3.40. The number of nitrogens with zero attached hydrogens (tertiary/aromatic N) is 3. The number of ether oxygens (including phenoxy) is 1. The zero-order valence-corrected chi connectivity index (χ0v) is 9.80. The van der Waals surface area contributed by atoms with Crippen molar-refractivity contribution in [1.29, 1.82) is 10.5 Å². The number of nitro benzene ring substituents is 1. The minimum atomic E-state index is -0.558. The van der Waals surface area contributed by atoms with E-state index in [1.807, 2.05) is 0 Å². The first-order valence-electron chi connectivity index (χ1n) is 4.89. The van der Waals surface area contributed by atoms with Crippen LogP contribution in [0.2, 0.25) is 0 Å². The monoisotopic (exact) mass is 243 g/mol. The van der Waals surface area contributed by atoms with Gasteiger partial charge in [0.15, 0.2) is 5.75 Å². The summed E-state index contributed by atoms with van der Waals surface area (Å²) in [6.45, 7) is 1.60. The Hall–Kier alpha value is -2.86. The summed E-state index contributed by atoms with van der Waals surface area (Å²) in [5, 5.41) is 28.2. The Morgan fingerprint density at radius 1 is 1.39 bits per heavy atom. The van der Waals surface area contributed by atoms with Crippen LogP contribution in [0.15, 0.2) is 23.8 Å². The Morgan fingerprint density at radius 2 is 2.00 bits per heavy atom. The number of methoxy groups -OCH3 is 1. The molecule has 1 aromatic rings. The highest BCUT2D eigenvalue weighted by Gasteiger charge is 2.16. The van der Waals surface area contributed by atoms with Crippen LogP contribution in [-0.4, -0.2) is 12.0 Å². The quantitative estimate of drug-likeness (QED) is 0.461. The van der Waals surface area contributed by atoms with Gasteiger partial charge in [0.1, 0.15) is 17.7 Å². The molecule has 0 saturated carbocycles. The van der Waals surface area contributed by atoms with Crippen molar-refractivity contribution in [3.63, 3.8) is 0 Å². The van der Waals surface area contributed by atoms with E-state index in [1.165, 1.54) is 25.3 Å². The molecular formula is C12H9N3O3. The minimum absolute atomic E-state index is 0.0362. The van der Waals surface area contributed by atoms with Gasteiger partial charge in [-0.1, -0.05) is 0 Å². The van der Waals surface area contributed by atoms with E-state index in [9.17, 15) is 10.1 Å². The van der Waals surface area contributed by atoms with Gasteiger partial charge >= 0.3 is 5.69 Å². The fourth-order valence-corrected chi connectivity index (χ4v) is 1.40. The molecule has 0 N–H and O–H groups in total. The molecule has 0 atom stereocenters. The average molecular weight is 243 g/mol. The van der Waals surface area contributed by atoms with Crippen LogP contribution in [-0.2, 0) is 0 Å². The Labute approximate surface area is 103 Å². The van der Waals surface area contributed by atoms with E-state index < -0.39 is 4.92 Å². The first-order chi connectivity index (χ1) is 8.54. The molecule has 0 aliphatic heterocycles. The number of benzene rings is 1. The largest absolute Gasteiger partial charge is 0.490 e. The van der Waals surface area contributed by atoms with Crippen molar-refractivity contribution in [1.82, 2.24) is 0 Å². The number of nitriles is 2. The van der Waals surface area contributed by atoms with E-state index in [0.29, 0.717) is 11.1 Å². The molecule has 1 aromatic carbocycles. The predicted molar refractivity (Wildman–Crippen MR) is 63.5 cm³/mol. The summed E-state index contributed by atoms with van der Waals surface area (Å²) in [5.41, 5.74) is 0.791. The van der Waals surface area contributed by atoms with Crippen LogP contribution in [0.3, 0.4) is 0 Å². The van der Waals surface area contributed by atoms with Gasteiger partial charge in [-0.05, 0) is 30.2 Å². The molecule has 0 unspecified atom stereocenters. The van der Waals surface area contributed by atoms with Gasteiger partial charge in [0.05, 0.1) is 12.0 Å². The van der Waals surface area contributed by atoms with Crippen molar-refractivity contribution in [3.8, 4) is 17.9 Å². The molecule has 18 heavy (non-hydrogen) atoms. The maximum atomic E-state index is 10.7. The molecule has 90 valence electrons. The highest BCUT2D eigenvalue weighted by molar-refractivity contribution is 5.75. The molecule has 0 amide bonds. The van der Waals surface area contributed by atoms with Gasteiger partial charge in [0.25, 0.3) is 0 Å². The second kappa shape index (κ2) is 5.46. The van der Waals surface area contributed by atoms with Crippen molar-refractivity contribution >= 4 is 11.3 Å². The zero-order valence-electron chi connectivity index (χ0n) is 9.80. The molecule has 0 fully saturated rings. The van der Waals surface area contributed by atoms with Crippen LogP contribution in [0.1, 0.15) is 12.5 Å². The summed E-state index contributed by atoms with van der Waals surface area (Å²) < 4.78 is 4.91. The molecule has 6 heteroatoms. The topological polar surface area (TPSA) is 99.9 Å². The SMILES string of the molecule is COc1cc(C(C)=C(C#N)C#N)ccc1[N+](=O)[O-]. The number of allylic oxidation sites excluding steroid dienone is 2. The normalized spacial score (nSPS) is 8.89. The molecule has 6 nitrogen and oxygen atoms in total. The van der Waals surface area contributed by atoms with Gasteiger partial charge in [-0.2, -0.15) is 10.5 Å². The average Bonchev–Trinajstić information content (AvgIpc) is 2.39. The molecule has 0 saturated heterocycles. The summed E-state index contributed by atoms with van der Waals surface area (Å²) in [7, 11) is 1.32. The molecule has 1 rings (SSSR count). The molecule has 0 heterocycles. The molecular weight excluding hydrogens is 234 g/mol. The number of hydrogen-bond donors (Lipinski definition) is 0. The molecule has 0 bridgehead atoms. The molecule has 0 aliphatic carbocycles. The summed E-state index contributed by atoms with van der Waals surface area (Å²) in [6, 6.07) is 7.73. The fraction of sp³-hybridized carbons (Fsp3) is 0.167. The Morgan fingerprint density at radius 3 is 2.44 bits per heavy atom. The number of rotatable bonds is 3. The van der Waals surface area contributed by atoms with E-state index in [4.69, 9.17) is 15.3 Å². The minimum Gasteiger partial charge on any atom is -0.490 e. The number of nitro groups is 1. The van der Waals surface area contributed by atoms with E-state index in [1.54, 1.807) is 19.1 Å². The van der Waals surface area contributed by atoms with Crippen molar-refractivity contribution in [2.24, 2.45) is 0 Å². The molecule has 0 aromatic heterocycles. The van der Waals surface area contributed by atoms with Gasteiger partial charge in [-0.3, -0.25) is 10.1 Å². The second-order valence-electron chi connectivity index (χ2n) is 3.37. The smallest absolute Gasteiger partial charge is 0.310 e. The third-order valence-electron chi connectivity index (χ3n) is 2.41. The molecule has 0 spiro atoms. The lowest BCUT2D eigenvalue weighted by Crippen LogP contribution is -1.95. The molecule has 0 aliphatic rings. The third kappa shape index (κ3) is 2.45. The van der Waals surface area contributed by atoms with Crippen LogP contribution < -0.4 is 4.74 Å². The summed E-state index contributed by atoms with van der Waals surface area (Å²) >= 11 is 0. The zero-order chi connectivity index (χ0) is 13.7. The predicted octanol–water partition coefficient (Wildman–Crippen LogP) is 2.42. The van der Waals surface area contributed by atoms with Gasteiger partial charge in [0, 0.05) is 6.07 Å². The first-order valence-corrected chi connectivity index (χ1v) is 4.89. The third-order valence-corrected chi connectivity index (χ3v) is 2.41. The van der Waals surface area contributed by atoms with E-state index >= 15 is 0 Å². The van der Waals surface area contributed by atoms with Crippen LogP contribution in [0.4, 0.5) is 5.69 Å². The Kier molecular flexibility index (Phi) is 4.01. The van der Waals surface area contributed by atoms with Crippen molar-refractivity contribution < 1.29 is 9.66 Å². The standard InChI is InChI=1S/C12H9N3O3/c1-8(10(6-13)7-14)9-3-4-11(15(16)17)12(5-9)18-2/h3-5H,1-2H3. The fourth-order valence-electron chi connectivity index (χ4n) is 1.40. The first kappa shape index (κ1) is 13.2. The van der Waals surface area contributed by atoms with E-state index in [2.05, 4.69) is 0 Å². The van der Waals surface area contributed by atoms with Gasteiger partial charge in [-0.25, -0.2) is 0 Å². The van der Waals surface area contributed by atoms with Crippen LogP contribution in [0.5, 0.6) is 5.75 Å². The highest BCUT2D eigenvalue weighted by Crippen LogP contribution is 2.30. The van der Waals surface area contributed by atoms with Gasteiger partial charge < -0.3 is 4.74 Å². The van der Waals surface area contributed by atoms with Crippen molar-refractivity contribution in [3.05, 3.63) is 39.4 Å². The maximum absolute atomic E-state index is 10.7. The van der Waals surface area contributed by atoms with Crippen LogP contribution in [0.25, 0.3) is 5.57 Å². The van der Waals surface area contributed by atoms with Crippen molar-refractivity contribution in [2.75, 3.05) is 7.11 Å². The highest BCUT2D eigenvalue weighted by atomic mass is 16.6. The number of hydrogen-bond acceptors (Lipinski definition) is 5. The van der Waals surface area contributed by atoms with E-state index in [-0.39, 0.29) is 17.0 Å². The second-order valence-corrected chi connectivity index (χ2v) is 3.37. The lowest BCUT2D eigenvalue weighted by molar-refractivity contribution is -0.385. The lowest BCUT2D eigenvalue weighted by Gasteiger charge is -2.05. The summed E-state index contributed by atoms with van der Waals surface area (Å²) in [6.07, 6.45) is 0. The van der Waals surface area contributed by atoms with Crippen LogP contribution in [0, 0.1) is 32.8 Å². The van der Waals surface area contributed by atoms with E-state index in [0.717, 1.165) is 0 Å². The summed E-state index contributed by atoms with van der Waals surface area (Å²) in [4.78, 5) is 10.2. The Bertz CT molecular complexity index is 590.